The van der Waals surface area contributed by atoms with E-state index in [1.54, 1.807) is 12.3 Å². The van der Waals surface area contributed by atoms with Crippen LogP contribution >= 0.6 is 0 Å². The zero-order valence-corrected chi connectivity index (χ0v) is 10.6. The van der Waals surface area contributed by atoms with Crippen molar-refractivity contribution in [1.29, 1.82) is 0 Å². The molecule has 1 amide bonds. The van der Waals surface area contributed by atoms with Crippen LogP contribution < -0.4 is 0 Å². The number of amides is 1. The quantitative estimate of drug-likeness (QED) is 0.782. The highest BCUT2D eigenvalue weighted by Gasteiger charge is 2.32. The second-order valence-electron chi connectivity index (χ2n) is 4.11. The molecule has 1 aliphatic rings. The number of carbonyl (C=O) groups is 2. The van der Waals surface area contributed by atoms with Crippen LogP contribution in [0.4, 0.5) is 4.79 Å². The minimum Gasteiger partial charge on any atom is -0.467 e. The van der Waals surface area contributed by atoms with Gasteiger partial charge in [-0.2, -0.15) is 0 Å². The van der Waals surface area contributed by atoms with Crippen molar-refractivity contribution in [2.24, 2.45) is 0 Å². The molecule has 0 bridgehead atoms. The van der Waals surface area contributed by atoms with E-state index in [-0.39, 0.29) is 6.61 Å². The van der Waals surface area contributed by atoms with Crippen LogP contribution in [0.2, 0.25) is 0 Å². The monoisotopic (exact) mass is 261 g/mol. The standard InChI is InChI=1S/C14H15NO4/c1-18-13(16)12-8-5-9-15(12)14(17)19-10-11-6-3-2-4-7-11/h2-7,9,12H,8,10H2,1H3. The lowest BCUT2D eigenvalue weighted by molar-refractivity contribution is -0.145. The molecule has 1 unspecified atom stereocenters. The maximum absolute atomic E-state index is 11.9. The molecule has 0 saturated carbocycles. The van der Waals surface area contributed by atoms with Crippen LogP contribution in [0.1, 0.15) is 12.0 Å². The summed E-state index contributed by atoms with van der Waals surface area (Å²) in [6, 6.07) is 8.75. The van der Waals surface area contributed by atoms with Gasteiger partial charge >= 0.3 is 12.1 Å². The van der Waals surface area contributed by atoms with E-state index >= 15 is 0 Å². The van der Waals surface area contributed by atoms with Crippen LogP contribution in [0.3, 0.4) is 0 Å². The Balaban J connectivity index is 1.92. The van der Waals surface area contributed by atoms with Crippen molar-refractivity contribution >= 4 is 12.1 Å². The summed E-state index contributed by atoms with van der Waals surface area (Å²) in [6.45, 7) is 0.178. The van der Waals surface area contributed by atoms with E-state index in [0.29, 0.717) is 6.42 Å². The second kappa shape index (κ2) is 6.04. The Morgan fingerprint density at radius 2 is 2.05 bits per heavy atom. The number of rotatable bonds is 3. The number of benzene rings is 1. The number of esters is 1. The minimum absolute atomic E-state index is 0.178. The number of nitrogens with zero attached hydrogens (tertiary/aromatic N) is 1. The highest BCUT2D eigenvalue weighted by atomic mass is 16.6. The summed E-state index contributed by atoms with van der Waals surface area (Å²) in [5.74, 6) is -0.443. The first-order chi connectivity index (χ1) is 9.22. The second-order valence-corrected chi connectivity index (χ2v) is 4.11. The average Bonchev–Trinajstić information content (AvgIpc) is 2.94. The van der Waals surface area contributed by atoms with Crippen molar-refractivity contribution in [3.8, 4) is 0 Å². The third-order valence-electron chi connectivity index (χ3n) is 2.85. The Labute approximate surface area is 111 Å². The maximum Gasteiger partial charge on any atom is 0.414 e. The average molecular weight is 261 g/mol. The fourth-order valence-corrected chi connectivity index (χ4v) is 1.85. The fraction of sp³-hybridized carbons (Fsp3) is 0.286. The molecule has 1 aromatic rings. The van der Waals surface area contributed by atoms with Crippen molar-refractivity contribution in [3.63, 3.8) is 0 Å². The molecule has 0 spiro atoms. The summed E-state index contributed by atoms with van der Waals surface area (Å²) >= 11 is 0. The fourth-order valence-electron chi connectivity index (χ4n) is 1.85. The zero-order chi connectivity index (χ0) is 13.7. The molecule has 0 saturated heterocycles. The van der Waals surface area contributed by atoms with Crippen LogP contribution in [0.5, 0.6) is 0 Å². The topological polar surface area (TPSA) is 55.8 Å². The Morgan fingerprint density at radius 3 is 2.74 bits per heavy atom. The molecule has 1 heterocycles. The van der Waals surface area contributed by atoms with Crippen LogP contribution in [-0.2, 0) is 20.9 Å². The highest BCUT2D eigenvalue weighted by Crippen LogP contribution is 2.17. The van der Waals surface area contributed by atoms with Gasteiger partial charge in [0.25, 0.3) is 0 Å². The van der Waals surface area contributed by atoms with E-state index in [1.165, 1.54) is 12.0 Å². The van der Waals surface area contributed by atoms with Crippen molar-refractivity contribution in [3.05, 3.63) is 48.2 Å². The van der Waals surface area contributed by atoms with Crippen molar-refractivity contribution < 1.29 is 19.1 Å². The van der Waals surface area contributed by atoms with E-state index in [9.17, 15) is 9.59 Å². The predicted octanol–water partition coefficient (Wildman–Crippen LogP) is 2.08. The smallest absolute Gasteiger partial charge is 0.414 e. The lowest BCUT2D eigenvalue weighted by atomic mass is 10.2. The summed E-state index contributed by atoms with van der Waals surface area (Å²) in [4.78, 5) is 24.6. The SMILES string of the molecule is COC(=O)C1CC=CN1C(=O)OCc1ccccc1. The first-order valence-electron chi connectivity index (χ1n) is 5.96. The predicted molar refractivity (Wildman–Crippen MR) is 68.0 cm³/mol. The Morgan fingerprint density at radius 1 is 1.32 bits per heavy atom. The number of hydrogen-bond donors (Lipinski definition) is 0. The van der Waals surface area contributed by atoms with E-state index in [1.807, 2.05) is 30.3 Å². The van der Waals surface area contributed by atoms with Crippen LogP contribution in [-0.4, -0.2) is 30.1 Å². The van der Waals surface area contributed by atoms with Gasteiger partial charge in [-0.3, -0.25) is 4.90 Å². The largest absolute Gasteiger partial charge is 0.467 e. The molecule has 0 radical (unpaired) electrons. The molecule has 5 heteroatoms. The summed E-state index contributed by atoms with van der Waals surface area (Å²) in [5, 5.41) is 0. The third kappa shape index (κ3) is 3.13. The van der Waals surface area contributed by atoms with E-state index in [0.717, 1.165) is 5.56 Å². The Kier molecular flexibility index (Phi) is 4.18. The van der Waals surface area contributed by atoms with Gasteiger partial charge < -0.3 is 9.47 Å². The van der Waals surface area contributed by atoms with Gasteiger partial charge in [0.1, 0.15) is 12.6 Å². The summed E-state index contributed by atoms with van der Waals surface area (Å²) in [5.41, 5.74) is 0.897. The summed E-state index contributed by atoms with van der Waals surface area (Å²) in [6.07, 6.45) is 3.20. The van der Waals surface area contributed by atoms with E-state index in [2.05, 4.69) is 4.74 Å². The van der Waals surface area contributed by atoms with Gasteiger partial charge in [0, 0.05) is 6.20 Å². The number of carbonyl (C=O) groups excluding carboxylic acids is 2. The highest BCUT2D eigenvalue weighted by molar-refractivity contribution is 5.83. The van der Waals surface area contributed by atoms with Gasteiger partial charge in [0.05, 0.1) is 7.11 Å². The molecule has 1 aliphatic heterocycles. The van der Waals surface area contributed by atoms with Crippen molar-refractivity contribution in [1.82, 2.24) is 4.90 Å². The van der Waals surface area contributed by atoms with Crippen LogP contribution in [0.15, 0.2) is 42.6 Å². The molecule has 100 valence electrons. The summed E-state index contributed by atoms with van der Waals surface area (Å²) < 4.78 is 9.81. The lowest BCUT2D eigenvalue weighted by Gasteiger charge is -2.20. The van der Waals surface area contributed by atoms with Gasteiger partial charge in [0.2, 0.25) is 0 Å². The van der Waals surface area contributed by atoms with E-state index < -0.39 is 18.1 Å². The van der Waals surface area contributed by atoms with Crippen molar-refractivity contribution in [2.75, 3.05) is 7.11 Å². The van der Waals surface area contributed by atoms with Crippen LogP contribution in [0, 0.1) is 0 Å². The van der Waals surface area contributed by atoms with Gasteiger partial charge in [0.15, 0.2) is 0 Å². The first kappa shape index (κ1) is 13.1. The summed E-state index contributed by atoms with van der Waals surface area (Å²) in [7, 11) is 1.30. The molecule has 0 aliphatic carbocycles. The molecule has 19 heavy (non-hydrogen) atoms. The Hall–Kier alpha value is -2.30. The molecule has 2 rings (SSSR count). The number of ether oxygens (including phenoxy) is 2. The molecule has 1 aromatic carbocycles. The first-order valence-corrected chi connectivity index (χ1v) is 5.96. The molecular weight excluding hydrogens is 246 g/mol. The lowest BCUT2D eigenvalue weighted by Crippen LogP contribution is -2.39. The number of methoxy groups -OCH3 is 1. The normalized spacial score (nSPS) is 17.3. The molecular formula is C14H15NO4. The molecule has 5 nitrogen and oxygen atoms in total. The Bertz CT molecular complexity index is 483. The van der Waals surface area contributed by atoms with Gasteiger partial charge in [-0.25, -0.2) is 9.59 Å². The van der Waals surface area contributed by atoms with Crippen LogP contribution in [0.25, 0.3) is 0 Å². The van der Waals surface area contributed by atoms with Crippen molar-refractivity contribution in [2.45, 2.75) is 19.1 Å². The molecule has 0 N–H and O–H groups in total. The third-order valence-corrected chi connectivity index (χ3v) is 2.85. The minimum atomic E-state index is -0.617. The van der Waals surface area contributed by atoms with Gasteiger partial charge in [-0.05, 0) is 12.0 Å². The molecule has 1 atom stereocenters. The number of hydrogen-bond acceptors (Lipinski definition) is 4. The molecule has 0 fully saturated rings. The van der Waals surface area contributed by atoms with Gasteiger partial charge in [-0.1, -0.05) is 36.4 Å². The van der Waals surface area contributed by atoms with E-state index in [4.69, 9.17) is 4.74 Å². The van der Waals surface area contributed by atoms with Gasteiger partial charge in [-0.15, -0.1) is 0 Å². The maximum atomic E-state index is 11.9. The zero-order valence-electron chi connectivity index (χ0n) is 10.6. The molecule has 0 aromatic heterocycles.